The van der Waals surface area contributed by atoms with Crippen LogP contribution in [0.5, 0.6) is 0 Å². The van der Waals surface area contributed by atoms with Gasteiger partial charge in [-0.15, -0.1) is 11.3 Å². The van der Waals surface area contributed by atoms with Crippen molar-refractivity contribution in [3.05, 3.63) is 15.6 Å². The van der Waals surface area contributed by atoms with Crippen molar-refractivity contribution in [1.82, 2.24) is 10.3 Å². The molecule has 0 aliphatic carbocycles. The maximum Gasteiger partial charge on any atom is 0.237 e. The number of aryl methyl sites for hydroxylation is 2. The molecule has 1 atom stereocenters. The van der Waals surface area contributed by atoms with Crippen LogP contribution in [-0.4, -0.2) is 16.4 Å². The number of amides is 1. The van der Waals surface area contributed by atoms with Crippen LogP contribution >= 0.6 is 11.3 Å². The first-order chi connectivity index (χ1) is 7.24. The minimum absolute atomic E-state index is 0.0208. The minimum atomic E-state index is -0.719. The van der Waals surface area contributed by atoms with E-state index >= 15 is 0 Å². The van der Waals surface area contributed by atoms with E-state index < -0.39 is 5.54 Å². The molecule has 1 unspecified atom stereocenters. The summed E-state index contributed by atoms with van der Waals surface area (Å²) in [6, 6.07) is 0.0208. The van der Waals surface area contributed by atoms with Crippen molar-refractivity contribution >= 4 is 17.2 Å². The van der Waals surface area contributed by atoms with Crippen LogP contribution in [0.4, 0.5) is 0 Å². The second-order valence-corrected chi connectivity index (χ2v) is 5.94. The van der Waals surface area contributed by atoms with Crippen LogP contribution in [0.3, 0.4) is 0 Å². The van der Waals surface area contributed by atoms with Crippen molar-refractivity contribution < 1.29 is 4.79 Å². The third-order valence-corrected chi connectivity index (χ3v) is 3.44. The zero-order chi connectivity index (χ0) is 12.5. The summed E-state index contributed by atoms with van der Waals surface area (Å²) in [4.78, 5) is 16.9. The van der Waals surface area contributed by atoms with Gasteiger partial charge < -0.3 is 5.73 Å². The lowest BCUT2D eigenvalue weighted by molar-refractivity contribution is -0.123. The van der Waals surface area contributed by atoms with E-state index in [1.165, 1.54) is 4.88 Å². The fraction of sp³-hybridized carbons (Fsp3) is 0.636. The first kappa shape index (κ1) is 13.1. The highest BCUT2D eigenvalue weighted by molar-refractivity contribution is 7.11. The minimum Gasteiger partial charge on any atom is -0.368 e. The number of nitrogens with zero attached hydrogens (tertiary/aromatic N) is 1. The predicted molar refractivity (Wildman–Crippen MR) is 66.4 cm³/mol. The van der Waals surface area contributed by atoms with E-state index in [0.717, 1.165) is 10.7 Å². The average molecular weight is 241 g/mol. The number of carbonyl (C=O) groups excluding carboxylic acids is 1. The van der Waals surface area contributed by atoms with Gasteiger partial charge in [0.25, 0.3) is 0 Å². The zero-order valence-electron chi connectivity index (χ0n) is 10.4. The van der Waals surface area contributed by atoms with Crippen LogP contribution < -0.4 is 11.1 Å². The standard InChI is InChI=1S/C11H19N3OS/c1-6(14-11(4,5)10(12)15)9-7(2)16-8(3)13-9/h6,14H,1-5H3,(H2,12,15). The van der Waals surface area contributed by atoms with Gasteiger partial charge >= 0.3 is 0 Å². The number of carbonyl (C=O) groups is 1. The first-order valence-electron chi connectivity index (χ1n) is 5.25. The zero-order valence-corrected chi connectivity index (χ0v) is 11.2. The summed E-state index contributed by atoms with van der Waals surface area (Å²) in [5, 5.41) is 4.24. The third kappa shape index (κ3) is 2.80. The quantitative estimate of drug-likeness (QED) is 0.842. The second kappa shape index (κ2) is 4.51. The molecule has 0 spiro atoms. The van der Waals surface area contributed by atoms with E-state index in [9.17, 15) is 4.79 Å². The van der Waals surface area contributed by atoms with Crippen LogP contribution in [0, 0.1) is 13.8 Å². The SMILES string of the molecule is Cc1nc(C(C)NC(C)(C)C(N)=O)c(C)s1. The number of nitrogens with two attached hydrogens (primary N) is 1. The highest BCUT2D eigenvalue weighted by Gasteiger charge is 2.28. The number of primary amides is 1. The summed E-state index contributed by atoms with van der Waals surface area (Å²) in [6.07, 6.45) is 0. The fourth-order valence-electron chi connectivity index (χ4n) is 1.63. The van der Waals surface area contributed by atoms with E-state index in [2.05, 4.69) is 10.3 Å². The lowest BCUT2D eigenvalue weighted by Crippen LogP contribution is -2.51. The number of nitrogens with one attached hydrogen (secondary N) is 1. The van der Waals surface area contributed by atoms with E-state index in [4.69, 9.17) is 5.73 Å². The molecule has 0 radical (unpaired) electrons. The van der Waals surface area contributed by atoms with Gasteiger partial charge in [-0.3, -0.25) is 10.1 Å². The number of rotatable bonds is 4. The molecule has 0 bridgehead atoms. The van der Waals surface area contributed by atoms with Crippen LogP contribution in [0.25, 0.3) is 0 Å². The molecule has 1 amide bonds. The molecular formula is C11H19N3OS. The van der Waals surface area contributed by atoms with Crippen LogP contribution in [0.15, 0.2) is 0 Å². The lowest BCUT2D eigenvalue weighted by Gasteiger charge is -2.26. The normalized spacial score (nSPS) is 13.8. The predicted octanol–water partition coefficient (Wildman–Crippen LogP) is 1.67. The second-order valence-electron chi connectivity index (χ2n) is 4.53. The van der Waals surface area contributed by atoms with Crippen LogP contribution in [0.1, 0.15) is 42.4 Å². The van der Waals surface area contributed by atoms with Gasteiger partial charge in [0.1, 0.15) is 0 Å². The van der Waals surface area contributed by atoms with Crippen molar-refractivity contribution in [3.63, 3.8) is 0 Å². The van der Waals surface area contributed by atoms with E-state index in [-0.39, 0.29) is 11.9 Å². The Kier molecular flexibility index (Phi) is 3.70. The molecule has 16 heavy (non-hydrogen) atoms. The first-order valence-corrected chi connectivity index (χ1v) is 6.07. The van der Waals surface area contributed by atoms with Gasteiger partial charge in [-0.2, -0.15) is 0 Å². The van der Waals surface area contributed by atoms with Crippen molar-refractivity contribution in [1.29, 1.82) is 0 Å². The topological polar surface area (TPSA) is 68.0 Å². The summed E-state index contributed by atoms with van der Waals surface area (Å²) < 4.78 is 0. The molecule has 0 aromatic carbocycles. The molecule has 0 aliphatic rings. The molecule has 3 N–H and O–H groups in total. The Labute approximate surface area is 100 Å². The fourth-order valence-corrected chi connectivity index (χ4v) is 2.54. The van der Waals surface area contributed by atoms with Crippen molar-refractivity contribution in [2.75, 3.05) is 0 Å². The molecule has 0 aliphatic heterocycles. The van der Waals surface area contributed by atoms with Gasteiger partial charge in [0.2, 0.25) is 5.91 Å². The van der Waals surface area contributed by atoms with E-state index in [0.29, 0.717) is 0 Å². The third-order valence-electron chi connectivity index (χ3n) is 2.54. The number of hydrogen-bond donors (Lipinski definition) is 2. The van der Waals surface area contributed by atoms with Gasteiger partial charge in [0.15, 0.2) is 0 Å². The summed E-state index contributed by atoms with van der Waals surface area (Å²) in [5.41, 5.74) is 5.60. The van der Waals surface area contributed by atoms with Crippen molar-refractivity contribution in [2.24, 2.45) is 5.73 Å². The maximum absolute atomic E-state index is 11.2. The van der Waals surface area contributed by atoms with Crippen LogP contribution in [-0.2, 0) is 4.79 Å². The molecule has 1 aromatic heterocycles. The Bertz CT molecular complexity index is 398. The van der Waals surface area contributed by atoms with Gasteiger partial charge in [0, 0.05) is 10.9 Å². The average Bonchev–Trinajstić information content (AvgIpc) is 2.44. The molecule has 5 heteroatoms. The largest absolute Gasteiger partial charge is 0.368 e. The number of hydrogen-bond acceptors (Lipinski definition) is 4. The summed E-state index contributed by atoms with van der Waals surface area (Å²) >= 11 is 1.66. The molecule has 1 rings (SSSR count). The maximum atomic E-state index is 11.2. The molecular weight excluding hydrogens is 222 g/mol. The molecule has 0 saturated carbocycles. The van der Waals surface area contributed by atoms with Gasteiger partial charge in [0.05, 0.1) is 16.2 Å². The molecule has 90 valence electrons. The summed E-state index contributed by atoms with van der Waals surface area (Å²) in [6.45, 7) is 9.57. The number of thiazole rings is 1. The van der Waals surface area contributed by atoms with Gasteiger partial charge in [-0.1, -0.05) is 0 Å². The Hall–Kier alpha value is -0.940. The Balaban J connectivity index is 2.84. The molecule has 0 saturated heterocycles. The summed E-state index contributed by atoms with van der Waals surface area (Å²) in [5.74, 6) is -0.357. The van der Waals surface area contributed by atoms with Crippen LogP contribution in [0.2, 0.25) is 0 Å². The van der Waals surface area contributed by atoms with Crippen molar-refractivity contribution in [2.45, 2.75) is 46.2 Å². The smallest absolute Gasteiger partial charge is 0.237 e. The summed E-state index contributed by atoms with van der Waals surface area (Å²) in [7, 11) is 0. The molecule has 1 heterocycles. The highest BCUT2D eigenvalue weighted by Crippen LogP contribution is 2.23. The highest BCUT2D eigenvalue weighted by atomic mass is 32.1. The van der Waals surface area contributed by atoms with E-state index in [1.54, 1.807) is 25.2 Å². The Morgan fingerprint density at radius 3 is 2.44 bits per heavy atom. The molecule has 4 nitrogen and oxygen atoms in total. The Morgan fingerprint density at radius 2 is 2.06 bits per heavy atom. The number of aromatic nitrogens is 1. The monoisotopic (exact) mass is 241 g/mol. The van der Waals surface area contributed by atoms with Gasteiger partial charge in [-0.05, 0) is 34.6 Å². The van der Waals surface area contributed by atoms with E-state index in [1.807, 2.05) is 20.8 Å². The van der Waals surface area contributed by atoms with Crippen molar-refractivity contribution in [3.8, 4) is 0 Å². The lowest BCUT2D eigenvalue weighted by atomic mass is 10.0. The Morgan fingerprint density at radius 1 is 1.50 bits per heavy atom. The van der Waals surface area contributed by atoms with Gasteiger partial charge in [-0.25, -0.2) is 4.98 Å². The molecule has 1 aromatic rings. The molecule has 0 fully saturated rings.